The van der Waals surface area contributed by atoms with Gasteiger partial charge in [-0.3, -0.25) is 9.63 Å². The molecule has 0 aliphatic carbocycles. The molecule has 74 valence electrons. The van der Waals surface area contributed by atoms with Crippen molar-refractivity contribution in [2.24, 2.45) is 5.73 Å². The van der Waals surface area contributed by atoms with Crippen LogP contribution in [-0.2, 0) is 9.63 Å². The number of primary amides is 1. The summed E-state index contributed by atoms with van der Waals surface area (Å²) in [5, 5.41) is 3.61. The summed E-state index contributed by atoms with van der Waals surface area (Å²) in [5.74, 6) is -0.226. The fourth-order valence-electron chi connectivity index (χ4n) is 1.18. The van der Waals surface area contributed by atoms with E-state index in [-0.39, 0.29) is 12.5 Å². The predicted molar refractivity (Wildman–Crippen MR) is 44.2 cm³/mol. The lowest BCUT2D eigenvalue weighted by atomic mass is 10.2. The van der Waals surface area contributed by atoms with Gasteiger partial charge in [-0.05, 0) is 6.42 Å². The molecular formula is C7H13N3O3. The fourth-order valence-corrected chi connectivity index (χ4v) is 1.18. The third kappa shape index (κ3) is 2.32. The minimum Gasteiger partial charge on any atom is -0.350 e. The fraction of sp³-hybridized carbons (Fsp3) is 0.714. The molecule has 6 heteroatoms. The van der Waals surface area contributed by atoms with Gasteiger partial charge in [0, 0.05) is 0 Å². The number of hydroxylamine groups is 2. The number of carbonyl (C=O) groups is 2. The van der Waals surface area contributed by atoms with Gasteiger partial charge in [0.15, 0.2) is 6.61 Å². The van der Waals surface area contributed by atoms with Crippen LogP contribution in [0, 0.1) is 0 Å². The van der Waals surface area contributed by atoms with Crippen molar-refractivity contribution >= 4 is 11.9 Å². The Morgan fingerprint density at radius 2 is 2.54 bits per heavy atom. The largest absolute Gasteiger partial charge is 0.350 e. The lowest BCUT2D eigenvalue weighted by Gasteiger charge is -2.33. The summed E-state index contributed by atoms with van der Waals surface area (Å²) in [7, 11) is 0. The van der Waals surface area contributed by atoms with Gasteiger partial charge >= 0.3 is 6.03 Å². The number of nitrogens with zero attached hydrogens (tertiary/aromatic N) is 1. The number of rotatable bonds is 2. The minimum absolute atomic E-state index is 0.150. The second-order valence-electron chi connectivity index (χ2n) is 2.81. The van der Waals surface area contributed by atoms with E-state index in [4.69, 9.17) is 10.6 Å². The smallest absolute Gasteiger partial charge is 0.340 e. The Morgan fingerprint density at radius 3 is 3.08 bits per heavy atom. The number of nitrogens with two attached hydrogens (primary N) is 1. The first-order valence-electron chi connectivity index (χ1n) is 4.16. The first-order valence-corrected chi connectivity index (χ1v) is 4.16. The van der Waals surface area contributed by atoms with Crippen LogP contribution in [-0.4, -0.2) is 29.8 Å². The van der Waals surface area contributed by atoms with Crippen LogP contribution in [0.4, 0.5) is 4.79 Å². The number of nitrogens with one attached hydrogen (secondary N) is 1. The molecule has 0 bridgehead atoms. The highest BCUT2D eigenvalue weighted by Gasteiger charge is 2.28. The summed E-state index contributed by atoms with van der Waals surface area (Å²) in [6.45, 7) is 1.79. The van der Waals surface area contributed by atoms with Crippen LogP contribution in [0.3, 0.4) is 0 Å². The van der Waals surface area contributed by atoms with Gasteiger partial charge in [-0.2, -0.15) is 5.06 Å². The molecule has 0 spiro atoms. The van der Waals surface area contributed by atoms with E-state index < -0.39 is 12.2 Å². The van der Waals surface area contributed by atoms with Crippen LogP contribution in [0.1, 0.15) is 19.8 Å². The van der Waals surface area contributed by atoms with E-state index in [0.717, 1.165) is 11.5 Å². The maximum Gasteiger partial charge on any atom is 0.340 e. The Morgan fingerprint density at radius 1 is 1.85 bits per heavy atom. The Bertz CT molecular complexity index is 219. The van der Waals surface area contributed by atoms with Crippen molar-refractivity contribution in [1.82, 2.24) is 10.4 Å². The summed E-state index contributed by atoms with van der Waals surface area (Å²) in [4.78, 5) is 26.6. The van der Waals surface area contributed by atoms with E-state index in [0.29, 0.717) is 6.42 Å². The number of amides is 3. The molecule has 3 amide bonds. The average Bonchev–Trinajstić information content (AvgIpc) is 2.04. The molecule has 3 N–H and O–H groups in total. The van der Waals surface area contributed by atoms with Crippen molar-refractivity contribution in [3.8, 4) is 0 Å². The summed E-state index contributed by atoms with van der Waals surface area (Å²) in [6, 6.07) is -0.682. The quantitative estimate of drug-likeness (QED) is 0.614. The van der Waals surface area contributed by atoms with Crippen molar-refractivity contribution in [3.63, 3.8) is 0 Å². The maximum absolute atomic E-state index is 10.9. The summed E-state index contributed by atoms with van der Waals surface area (Å²) in [5.41, 5.74) is 5.04. The van der Waals surface area contributed by atoms with Crippen molar-refractivity contribution < 1.29 is 14.4 Å². The molecule has 0 radical (unpaired) electrons. The SMILES string of the molecule is CCCC1NC(=O)CON1C(N)=O. The van der Waals surface area contributed by atoms with Crippen LogP contribution in [0.5, 0.6) is 0 Å². The molecule has 1 fully saturated rings. The monoisotopic (exact) mass is 187 g/mol. The number of carbonyl (C=O) groups excluding carboxylic acids is 2. The number of urea groups is 1. The third-order valence-electron chi connectivity index (χ3n) is 1.72. The molecule has 1 heterocycles. The van der Waals surface area contributed by atoms with Crippen LogP contribution >= 0.6 is 0 Å². The zero-order valence-electron chi connectivity index (χ0n) is 7.45. The van der Waals surface area contributed by atoms with E-state index in [1.54, 1.807) is 0 Å². The molecule has 0 aromatic carbocycles. The van der Waals surface area contributed by atoms with Crippen molar-refractivity contribution in [3.05, 3.63) is 0 Å². The second kappa shape index (κ2) is 4.08. The van der Waals surface area contributed by atoms with Crippen LogP contribution in [0.2, 0.25) is 0 Å². The summed E-state index contributed by atoms with van der Waals surface area (Å²) >= 11 is 0. The van der Waals surface area contributed by atoms with Crippen molar-refractivity contribution in [1.29, 1.82) is 0 Å². The highest BCUT2D eigenvalue weighted by molar-refractivity contribution is 5.80. The Labute approximate surface area is 76.0 Å². The molecule has 6 nitrogen and oxygen atoms in total. The van der Waals surface area contributed by atoms with Crippen LogP contribution in [0.25, 0.3) is 0 Å². The van der Waals surface area contributed by atoms with Crippen LogP contribution in [0.15, 0.2) is 0 Å². The van der Waals surface area contributed by atoms with E-state index in [1.807, 2.05) is 6.92 Å². The molecule has 1 aliphatic heterocycles. The van der Waals surface area contributed by atoms with Gasteiger partial charge in [-0.1, -0.05) is 13.3 Å². The molecule has 0 aromatic heterocycles. The lowest BCUT2D eigenvalue weighted by molar-refractivity contribution is -0.186. The Kier molecular flexibility index (Phi) is 3.07. The second-order valence-corrected chi connectivity index (χ2v) is 2.81. The molecular weight excluding hydrogens is 174 g/mol. The zero-order valence-corrected chi connectivity index (χ0v) is 7.45. The highest BCUT2D eigenvalue weighted by atomic mass is 16.7. The molecule has 13 heavy (non-hydrogen) atoms. The lowest BCUT2D eigenvalue weighted by Crippen LogP contribution is -2.58. The Hall–Kier alpha value is -1.30. The van der Waals surface area contributed by atoms with Gasteiger partial charge in [0.1, 0.15) is 6.17 Å². The highest BCUT2D eigenvalue weighted by Crippen LogP contribution is 2.08. The normalized spacial score (nSPS) is 22.7. The minimum atomic E-state index is -0.682. The van der Waals surface area contributed by atoms with E-state index >= 15 is 0 Å². The van der Waals surface area contributed by atoms with Gasteiger partial charge in [-0.15, -0.1) is 0 Å². The topological polar surface area (TPSA) is 84.7 Å². The zero-order chi connectivity index (χ0) is 9.84. The molecule has 0 saturated carbocycles. The van der Waals surface area contributed by atoms with Crippen LogP contribution < -0.4 is 11.1 Å². The molecule has 1 atom stereocenters. The first-order chi connectivity index (χ1) is 6.15. The number of hydrogen-bond donors (Lipinski definition) is 2. The van der Waals surface area contributed by atoms with Gasteiger partial charge < -0.3 is 11.1 Å². The number of hydrogen-bond acceptors (Lipinski definition) is 3. The van der Waals surface area contributed by atoms with Crippen molar-refractivity contribution in [2.45, 2.75) is 25.9 Å². The standard InChI is InChI=1S/C7H13N3O3/c1-2-3-5-9-6(11)4-13-10(5)7(8)12/h5H,2-4H2,1H3,(H2,8,12)(H,9,11). The molecule has 1 rings (SSSR count). The summed E-state index contributed by atoms with van der Waals surface area (Å²) in [6.07, 6.45) is 1.04. The van der Waals surface area contributed by atoms with Gasteiger partial charge in [0.25, 0.3) is 0 Å². The summed E-state index contributed by atoms with van der Waals surface area (Å²) < 4.78 is 0. The molecule has 1 saturated heterocycles. The average molecular weight is 187 g/mol. The molecule has 1 aliphatic rings. The van der Waals surface area contributed by atoms with Gasteiger partial charge in [0.05, 0.1) is 0 Å². The first kappa shape index (κ1) is 9.79. The van der Waals surface area contributed by atoms with Gasteiger partial charge in [-0.25, -0.2) is 4.79 Å². The third-order valence-corrected chi connectivity index (χ3v) is 1.72. The van der Waals surface area contributed by atoms with Crippen molar-refractivity contribution in [2.75, 3.05) is 6.61 Å². The predicted octanol–water partition coefficient (Wildman–Crippen LogP) is -0.445. The Balaban J connectivity index is 2.60. The van der Waals surface area contributed by atoms with E-state index in [1.165, 1.54) is 0 Å². The van der Waals surface area contributed by atoms with E-state index in [9.17, 15) is 9.59 Å². The van der Waals surface area contributed by atoms with Gasteiger partial charge in [0.2, 0.25) is 5.91 Å². The molecule has 0 aromatic rings. The van der Waals surface area contributed by atoms with E-state index in [2.05, 4.69) is 5.32 Å². The molecule has 1 unspecified atom stereocenters. The maximum atomic E-state index is 10.9.